The molecule has 0 aromatic carbocycles. The molecule has 0 aliphatic rings. The summed E-state index contributed by atoms with van der Waals surface area (Å²) in [6.45, 7) is 7.58. The first kappa shape index (κ1) is 12.2. The standard InChI is InChI=1S/C10H19NO2/c1-5-11(3,4)8-6-7-9(2)10(12)13/h2,5-8H2,1,3-4H3. The van der Waals surface area contributed by atoms with Gasteiger partial charge in [-0.15, -0.1) is 0 Å². The van der Waals surface area contributed by atoms with Gasteiger partial charge < -0.3 is 14.4 Å². The van der Waals surface area contributed by atoms with Gasteiger partial charge in [-0.1, -0.05) is 6.58 Å². The van der Waals surface area contributed by atoms with Gasteiger partial charge in [0.25, 0.3) is 0 Å². The lowest BCUT2D eigenvalue weighted by atomic mass is 10.1. The fourth-order valence-electron chi connectivity index (χ4n) is 0.981. The Morgan fingerprint density at radius 3 is 2.38 bits per heavy atom. The smallest absolute Gasteiger partial charge is 0.0785 e. The maximum Gasteiger partial charge on any atom is 0.0785 e. The lowest BCUT2D eigenvalue weighted by Gasteiger charge is -2.28. The van der Waals surface area contributed by atoms with E-state index < -0.39 is 5.97 Å². The zero-order valence-corrected chi connectivity index (χ0v) is 8.80. The van der Waals surface area contributed by atoms with Gasteiger partial charge in [-0.25, -0.2) is 0 Å². The molecule has 0 bridgehead atoms. The second-order valence-corrected chi connectivity index (χ2v) is 3.97. The van der Waals surface area contributed by atoms with Crippen molar-refractivity contribution in [3.05, 3.63) is 12.2 Å². The van der Waals surface area contributed by atoms with Crippen LogP contribution in [-0.2, 0) is 4.79 Å². The average Bonchev–Trinajstić information content (AvgIpc) is 2.04. The van der Waals surface area contributed by atoms with Gasteiger partial charge in [-0.2, -0.15) is 0 Å². The van der Waals surface area contributed by atoms with Crippen LogP contribution in [0.3, 0.4) is 0 Å². The summed E-state index contributed by atoms with van der Waals surface area (Å²) < 4.78 is 0.917. The quantitative estimate of drug-likeness (QED) is 0.437. The molecule has 0 aliphatic heterocycles. The molecule has 0 rings (SSSR count). The third kappa shape index (κ3) is 5.42. The summed E-state index contributed by atoms with van der Waals surface area (Å²) in [4.78, 5) is 10.3. The fraction of sp³-hybridized carbons (Fsp3) is 0.700. The number of carboxylic acids is 1. The monoisotopic (exact) mass is 185 g/mol. The number of nitrogens with zero attached hydrogens (tertiary/aromatic N) is 1. The number of hydrogen-bond acceptors (Lipinski definition) is 2. The Morgan fingerprint density at radius 2 is 2.00 bits per heavy atom. The van der Waals surface area contributed by atoms with Gasteiger partial charge in [0.1, 0.15) is 0 Å². The Morgan fingerprint density at radius 1 is 1.46 bits per heavy atom. The molecule has 0 unspecified atom stereocenters. The third-order valence-electron chi connectivity index (χ3n) is 2.39. The average molecular weight is 185 g/mol. The van der Waals surface area contributed by atoms with E-state index in [0.29, 0.717) is 6.42 Å². The maximum atomic E-state index is 10.3. The fourth-order valence-corrected chi connectivity index (χ4v) is 0.981. The molecule has 0 fully saturated rings. The summed E-state index contributed by atoms with van der Waals surface area (Å²) in [7, 11) is 4.25. The van der Waals surface area contributed by atoms with Crippen molar-refractivity contribution in [2.75, 3.05) is 27.2 Å². The summed E-state index contributed by atoms with van der Waals surface area (Å²) >= 11 is 0. The minimum Gasteiger partial charge on any atom is -0.545 e. The highest BCUT2D eigenvalue weighted by atomic mass is 16.4. The largest absolute Gasteiger partial charge is 0.545 e. The van der Waals surface area contributed by atoms with Crippen molar-refractivity contribution in [3.8, 4) is 0 Å². The normalized spacial score (nSPS) is 11.3. The van der Waals surface area contributed by atoms with Crippen LogP contribution in [0.4, 0.5) is 0 Å². The highest BCUT2D eigenvalue weighted by Crippen LogP contribution is 2.05. The van der Waals surface area contributed by atoms with E-state index in [0.717, 1.165) is 24.0 Å². The second-order valence-electron chi connectivity index (χ2n) is 3.97. The van der Waals surface area contributed by atoms with Crippen molar-refractivity contribution in [2.24, 2.45) is 0 Å². The first-order valence-electron chi connectivity index (χ1n) is 4.60. The van der Waals surface area contributed by atoms with Crippen LogP contribution in [0.2, 0.25) is 0 Å². The first-order chi connectivity index (χ1) is 5.89. The van der Waals surface area contributed by atoms with Crippen molar-refractivity contribution in [1.82, 2.24) is 0 Å². The lowest BCUT2D eigenvalue weighted by Crippen LogP contribution is -2.40. The van der Waals surface area contributed by atoms with Crippen LogP contribution < -0.4 is 5.11 Å². The first-order valence-corrected chi connectivity index (χ1v) is 4.60. The zero-order chi connectivity index (χ0) is 10.5. The molecule has 0 aliphatic carbocycles. The number of carbonyl (C=O) groups excluding carboxylic acids is 1. The zero-order valence-electron chi connectivity index (χ0n) is 8.80. The molecule has 0 saturated heterocycles. The van der Waals surface area contributed by atoms with Crippen molar-refractivity contribution in [3.63, 3.8) is 0 Å². The minimum atomic E-state index is -1.12. The molecule has 0 saturated carbocycles. The van der Waals surface area contributed by atoms with E-state index in [4.69, 9.17) is 0 Å². The van der Waals surface area contributed by atoms with Gasteiger partial charge in [-0.05, 0) is 18.9 Å². The molecule has 0 heterocycles. The van der Waals surface area contributed by atoms with Gasteiger partial charge >= 0.3 is 0 Å². The van der Waals surface area contributed by atoms with E-state index in [2.05, 4.69) is 27.6 Å². The summed E-state index contributed by atoms with van der Waals surface area (Å²) in [5.41, 5.74) is 0.205. The highest BCUT2D eigenvalue weighted by molar-refractivity contribution is 5.83. The van der Waals surface area contributed by atoms with E-state index in [1.807, 2.05) is 0 Å². The molecular formula is C10H19NO2. The molecule has 0 amide bonds. The van der Waals surface area contributed by atoms with Gasteiger partial charge in [0.05, 0.1) is 33.2 Å². The Hall–Kier alpha value is -0.830. The maximum absolute atomic E-state index is 10.3. The predicted molar refractivity (Wildman–Crippen MR) is 50.9 cm³/mol. The predicted octanol–water partition coefficient (Wildman–Crippen LogP) is 0.169. The lowest BCUT2D eigenvalue weighted by molar-refractivity contribution is -0.888. The molecule has 0 atom stereocenters. The van der Waals surface area contributed by atoms with Crippen LogP contribution in [0.25, 0.3) is 0 Å². The summed E-state index contributed by atoms with van der Waals surface area (Å²) in [6, 6.07) is 0. The molecule has 3 nitrogen and oxygen atoms in total. The number of carboxylic acid groups (broad SMARTS) is 1. The number of carbonyl (C=O) groups is 1. The van der Waals surface area contributed by atoms with Gasteiger partial charge in [0.15, 0.2) is 0 Å². The van der Waals surface area contributed by atoms with Crippen molar-refractivity contribution in [2.45, 2.75) is 19.8 Å². The van der Waals surface area contributed by atoms with E-state index >= 15 is 0 Å². The highest BCUT2D eigenvalue weighted by Gasteiger charge is 2.10. The van der Waals surface area contributed by atoms with Crippen LogP contribution in [0.1, 0.15) is 19.8 Å². The SMILES string of the molecule is C=C(CCC[N+](C)(C)CC)C(=O)[O-]. The van der Waals surface area contributed by atoms with Crippen LogP contribution in [0, 0.1) is 0 Å². The van der Waals surface area contributed by atoms with Crippen LogP contribution in [-0.4, -0.2) is 37.6 Å². The Labute approximate surface area is 80.3 Å². The Kier molecular flexibility index (Phi) is 4.70. The number of aliphatic carboxylic acids is 1. The van der Waals surface area contributed by atoms with Crippen molar-refractivity contribution < 1.29 is 14.4 Å². The van der Waals surface area contributed by atoms with Crippen LogP contribution in [0.5, 0.6) is 0 Å². The summed E-state index contributed by atoms with van der Waals surface area (Å²) in [6.07, 6.45) is 1.39. The molecule has 0 aromatic rings. The second kappa shape index (κ2) is 5.02. The minimum absolute atomic E-state index is 0.205. The molecule has 0 radical (unpaired) electrons. The topological polar surface area (TPSA) is 40.1 Å². The number of rotatable bonds is 6. The molecule has 13 heavy (non-hydrogen) atoms. The van der Waals surface area contributed by atoms with Crippen LogP contribution >= 0.6 is 0 Å². The number of quaternary nitrogens is 1. The van der Waals surface area contributed by atoms with Gasteiger partial charge in [0.2, 0.25) is 0 Å². The molecule has 0 N–H and O–H groups in total. The molecular weight excluding hydrogens is 166 g/mol. The van der Waals surface area contributed by atoms with E-state index in [-0.39, 0.29) is 5.57 Å². The van der Waals surface area contributed by atoms with E-state index in [1.165, 1.54) is 0 Å². The molecule has 76 valence electrons. The molecule has 3 heteroatoms. The van der Waals surface area contributed by atoms with Crippen molar-refractivity contribution >= 4 is 5.97 Å². The van der Waals surface area contributed by atoms with E-state index in [9.17, 15) is 9.90 Å². The molecule has 0 aromatic heterocycles. The van der Waals surface area contributed by atoms with Gasteiger partial charge in [0, 0.05) is 6.42 Å². The summed E-state index contributed by atoms with van der Waals surface area (Å²) in [5.74, 6) is -1.12. The van der Waals surface area contributed by atoms with E-state index in [1.54, 1.807) is 0 Å². The van der Waals surface area contributed by atoms with Gasteiger partial charge in [-0.3, -0.25) is 0 Å². The van der Waals surface area contributed by atoms with Crippen molar-refractivity contribution in [1.29, 1.82) is 0 Å². The third-order valence-corrected chi connectivity index (χ3v) is 2.39. The summed E-state index contributed by atoms with van der Waals surface area (Å²) in [5, 5.41) is 10.3. The number of hydrogen-bond donors (Lipinski definition) is 0. The van der Waals surface area contributed by atoms with Crippen LogP contribution in [0.15, 0.2) is 12.2 Å². The Balaban J connectivity index is 3.68. The molecule has 0 spiro atoms. The Bertz CT molecular complexity index is 197.